The third kappa shape index (κ3) is 3.25. The summed E-state index contributed by atoms with van der Waals surface area (Å²) in [6.45, 7) is 6.78. The lowest BCUT2D eigenvalue weighted by molar-refractivity contribution is -0.246. The number of rotatable bonds is 6. The Morgan fingerprint density at radius 1 is 1.15 bits per heavy atom. The van der Waals surface area contributed by atoms with Crippen LogP contribution in [0.15, 0.2) is 0 Å². The van der Waals surface area contributed by atoms with Gasteiger partial charge in [-0.1, -0.05) is 13.8 Å². The van der Waals surface area contributed by atoms with Crippen molar-refractivity contribution in [3.63, 3.8) is 0 Å². The van der Waals surface area contributed by atoms with Crippen molar-refractivity contribution in [1.82, 2.24) is 5.32 Å². The maximum atomic E-state index is 5.71. The normalized spacial score (nSPS) is 20.8. The molecule has 3 nitrogen and oxygen atoms in total. The second-order valence-electron chi connectivity index (χ2n) is 3.48. The molecule has 0 radical (unpaired) electrons. The summed E-state index contributed by atoms with van der Waals surface area (Å²) in [6.07, 6.45) is 4.21. The lowest BCUT2D eigenvalue weighted by Gasteiger charge is -2.29. The second-order valence-corrected chi connectivity index (χ2v) is 3.48. The van der Waals surface area contributed by atoms with Crippen LogP contribution in [0.4, 0.5) is 0 Å². The molecule has 0 saturated carbocycles. The predicted molar refractivity (Wildman–Crippen MR) is 52.5 cm³/mol. The third-order valence-corrected chi connectivity index (χ3v) is 2.16. The first-order chi connectivity index (χ1) is 6.33. The largest absolute Gasteiger partial charge is 0.337 e. The highest BCUT2D eigenvalue weighted by Crippen LogP contribution is 2.22. The van der Waals surface area contributed by atoms with Crippen LogP contribution in [-0.2, 0) is 9.47 Å². The van der Waals surface area contributed by atoms with E-state index in [-0.39, 0.29) is 0 Å². The Morgan fingerprint density at radius 2 is 1.77 bits per heavy atom. The molecule has 0 spiro atoms. The van der Waals surface area contributed by atoms with Gasteiger partial charge >= 0.3 is 0 Å². The number of ether oxygens (including phenoxy) is 2. The van der Waals surface area contributed by atoms with E-state index < -0.39 is 5.91 Å². The summed E-state index contributed by atoms with van der Waals surface area (Å²) in [7, 11) is 0. The van der Waals surface area contributed by atoms with Crippen LogP contribution in [0.25, 0.3) is 0 Å². The van der Waals surface area contributed by atoms with E-state index in [2.05, 4.69) is 19.2 Å². The molecule has 1 heterocycles. The first-order valence-corrected chi connectivity index (χ1v) is 5.36. The van der Waals surface area contributed by atoms with E-state index in [1.54, 1.807) is 0 Å². The zero-order valence-electron chi connectivity index (χ0n) is 8.77. The average molecular weight is 187 g/mol. The van der Waals surface area contributed by atoms with E-state index >= 15 is 0 Å². The van der Waals surface area contributed by atoms with Gasteiger partial charge in [0.1, 0.15) is 0 Å². The molecule has 0 aliphatic carbocycles. The Hall–Kier alpha value is -0.120. The van der Waals surface area contributed by atoms with Gasteiger partial charge in [0.2, 0.25) is 5.91 Å². The monoisotopic (exact) mass is 187 g/mol. The zero-order valence-corrected chi connectivity index (χ0v) is 8.77. The summed E-state index contributed by atoms with van der Waals surface area (Å²) in [5, 5.41) is 3.30. The second kappa shape index (κ2) is 5.58. The fraction of sp³-hybridized carbons (Fsp3) is 1.00. The van der Waals surface area contributed by atoms with Gasteiger partial charge in [-0.15, -0.1) is 0 Å². The number of nitrogens with one attached hydrogen (secondary N) is 1. The lowest BCUT2D eigenvalue weighted by Crippen LogP contribution is -2.45. The van der Waals surface area contributed by atoms with Crippen molar-refractivity contribution in [2.24, 2.45) is 0 Å². The molecule has 1 aliphatic rings. The van der Waals surface area contributed by atoms with Crippen LogP contribution in [0.2, 0.25) is 0 Å². The molecule has 0 bridgehead atoms. The Morgan fingerprint density at radius 3 is 2.15 bits per heavy atom. The van der Waals surface area contributed by atoms with Gasteiger partial charge in [-0.25, -0.2) is 0 Å². The van der Waals surface area contributed by atoms with Crippen LogP contribution >= 0.6 is 0 Å². The van der Waals surface area contributed by atoms with E-state index in [1.165, 1.54) is 0 Å². The molecule has 13 heavy (non-hydrogen) atoms. The number of hydrogen-bond donors (Lipinski definition) is 1. The highest BCUT2D eigenvalue weighted by molar-refractivity contribution is 4.75. The Kier molecular flexibility index (Phi) is 4.70. The Balaban J connectivity index is 2.33. The third-order valence-electron chi connectivity index (χ3n) is 2.16. The molecule has 0 aromatic heterocycles. The van der Waals surface area contributed by atoms with Crippen LogP contribution in [0.5, 0.6) is 0 Å². The first-order valence-electron chi connectivity index (χ1n) is 5.36. The smallest absolute Gasteiger partial charge is 0.227 e. The topological polar surface area (TPSA) is 30.5 Å². The maximum Gasteiger partial charge on any atom is 0.227 e. The van der Waals surface area contributed by atoms with Crippen molar-refractivity contribution in [2.45, 2.75) is 45.4 Å². The highest BCUT2D eigenvalue weighted by atomic mass is 16.7. The van der Waals surface area contributed by atoms with E-state index in [1.807, 2.05) is 0 Å². The molecule has 3 heteroatoms. The molecule has 1 fully saturated rings. The van der Waals surface area contributed by atoms with Gasteiger partial charge in [-0.3, -0.25) is 5.32 Å². The van der Waals surface area contributed by atoms with Crippen LogP contribution in [0.1, 0.15) is 39.5 Å². The molecule has 1 aliphatic heterocycles. The minimum Gasteiger partial charge on any atom is -0.337 e. The summed E-state index contributed by atoms with van der Waals surface area (Å²) >= 11 is 0. The van der Waals surface area contributed by atoms with Gasteiger partial charge in [0.15, 0.2) is 0 Å². The maximum absolute atomic E-state index is 5.71. The van der Waals surface area contributed by atoms with Crippen LogP contribution < -0.4 is 5.32 Å². The molecule has 0 unspecified atom stereocenters. The van der Waals surface area contributed by atoms with Crippen LogP contribution in [-0.4, -0.2) is 25.7 Å². The molecule has 0 aromatic rings. The van der Waals surface area contributed by atoms with Crippen molar-refractivity contribution in [1.29, 1.82) is 0 Å². The minimum atomic E-state index is -0.452. The fourth-order valence-electron chi connectivity index (χ4n) is 1.51. The van der Waals surface area contributed by atoms with Gasteiger partial charge in [0, 0.05) is 13.0 Å². The van der Waals surface area contributed by atoms with E-state index in [9.17, 15) is 0 Å². The van der Waals surface area contributed by atoms with Crippen molar-refractivity contribution in [3.05, 3.63) is 0 Å². The SMILES string of the molecule is CCCOC1(OCCC)CCCN1. The zero-order chi connectivity index (χ0) is 9.57. The van der Waals surface area contributed by atoms with Gasteiger partial charge in [0.25, 0.3) is 0 Å². The summed E-state index contributed by atoms with van der Waals surface area (Å²) < 4.78 is 11.4. The molecular weight excluding hydrogens is 166 g/mol. The van der Waals surface area contributed by atoms with Crippen molar-refractivity contribution < 1.29 is 9.47 Å². The summed E-state index contributed by atoms with van der Waals surface area (Å²) in [6, 6.07) is 0. The molecule has 1 N–H and O–H groups in total. The first kappa shape index (κ1) is 11.0. The number of hydrogen-bond acceptors (Lipinski definition) is 3. The summed E-state index contributed by atoms with van der Waals surface area (Å²) in [5.74, 6) is -0.452. The van der Waals surface area contributed by atoms with Gasteiger partial charge in [0.05, 0.1) is 13.2 Å². The van der Waals surface area contributed by atoms with Crippen molar-refractivity contribution in [2.75, 3.05) is 19.8 Å². The van der Waals surface area contributed by atoms with Crippen LogP contribution in [0.3, 0.4) is 0 Å². The molecule has 0 amide bonds. The standard InChI is InChI=1S/C10H21NO2/c1-3-8-12-10(13-9-4-2)6-5-7-11-10/h11H,3-9H2,1-2H3. The van der Waals surface area contributed by atoms with Gasteiger partial charge in [-0.05, 0) is 19.3 Å². The average Bonchev–Trinajstić information content (AvgIpc) is 2.61. The van der Waals surface area contributed by atoms with Crippen molar-refractivity contribution >= 4 is 0 Å². The van der Waals surface area contributed by atoms with E-state index in [0.29, 0.717) is 0 Å². The lowest BCUT2D eigenvalue weighted by atomic mass is 10.3. The van der Waals surface area contributed by atoms with E-state index in [4.69, 9.17) is 9.47 Å². The summed E-state index contributed by atoms with van der Waals surface area (Å²) in [5.41, 5.74) is 0. The Bertz CT molecular complexity index is 123. The molecule has 1 rings (SSSR count). The quantitative estimate of drug-likeness (QED) is 0.644. The minimum absolute atomic E-state index is 0.452. The predicted octanol–water partition coefficient (Wildman–Crippen LogP) is 1.88. The molecule has 1 saturated heterocycles. The summed E-state index contributed by atoms with van der Waals surface area (Å²) in [4.78, 5) is 0. The molecule has 78 valence electrons. The molecular formula is C10H21NO2. The molecule has 0 atom stereocenters. The van der Waals surface area contributed by atoms with E-state index in [0.717, 1.165) is 45.4 Å². The van der Waals surface area contributed by atoms with Gasteiger partial charge < -0.3 is 9.47 Å². The fourth-order valence-corrected chi connectivity index (χ4v) is 1.51. The Labute approximate surface area is 80.8 Å². The molecule has 0 aromatic carbocycles. The highest BCUT2D eigenvalue weighted by Gasteiger charge is 2.34. The van der Waals surface area contributed by atoms with Crippen molar-refractivity contribution in [3.8, 4) is 0 Å². The van der Waals surface area contributed by atoms with Gasteiger partial charge in [-0.2, -0.15) is 0 Å². The van der Waals surface area contributed by atoms with Crippen LogP contribution in [0, 0.1) is 0 Å².